The van der Waals surface area contributed by atoms with Crippen LogP contribution in [-0.4, -0.2) is 23.2 Å². The molecule has 1 aliphatic heterocycles. The van der Waals surface area contributed by atoms with Crippen LogP contribution >= 0.6 is 0 Å². The largest absolute Gasteiger partial charge is 0.365 e. The predicted molar refractivity (Wildman–Crippen MR) is 43.6 cm³/mol. The van der Waals surface area contributed by atoms with Gasteiger partial charge in [-0.05, 0) is 24.5 Å². The Labute approximate surface area is 70.3 Å². The predicted octanol–water partition coefficient (Wildman–Crippen LogP) is 0.119. The van der Waals surface area contributed by atoms with Gasteiger partial charge in [-0.1, -0.05) is 0 Å². The third-order valence-electron chi connectivity index (χ3n) is 2.10. The number of nitrogens with one attached hydrogen (secondary N) is 1. The van der Waals surface area contributed by atoms with Crippen molar-refractivity contribution in [2.24, 2.45) is 0 Å². The lowest BCUT2D eigenvalue weighted by Crippen LogP contribution is -2.28. The number of rotatable bonds is 1. The van der Waals surface area contributed by atoms with Gasteiger partial charge in [0, 0.05) is 6.54 Å². The van der Waals surface area contributed by atoms with Crippen molar-refractivity contribution in [3.8, 4) is 0 Å². The van der Waals surface area contributed by atoms with Crippen molar-refractivity contribution in [1.82, 2.24) is 15.5 Å². The third-order valence-corrected chi connectivity index (χ3v) is 2.10. The number of aromatic nitrogens is 2. The fraction of sp³-hybridized carbons (Fsp3) is 0.714. The van der Waals surface area contributed by atoms with Gasteiger partial charge in [0.05, 0.1) is 5.92 Å². The summed E-state index contributed by atoms with van der Waals surface area (Å²) in [4.78, 5) is 3.99. The number of nitrogens with zero attached hydrogens (tertiary/aromatic N) is 2. The van der Waals surface area contributed by atoms with Crippen LogP contribution in [-0.2, 0) is 0 Å². The summed E-state index contributed by atoms with van der Waals surface area (Å²) in [5.74, 6) is 1.25. The van der Waals surface area contributed by atoms with Crippen molar-refractivity contribution in [3.63, 3.8) is 0 Å². The minimum absolute atomic E-state index is 0.232. The molecule has 3 N–H and O–H groups in total. The second kappa shape index (κ2) is 3.10. The van der Waals surface area contributed by atoms with Gasteiger partial charge < -0.3 is 15.6 Å². The van der Waals surface area contributed by atoms with E-state index in [2.05, 4.69) is 15.5 Å². The lowest BCUT2D eigenvalue weighted by molar-refractivity contribution is 0.322. The first kappa shape index (κ1) is 7.54. The Kier molecular flexibility index (Phi) is 1.95. The van der Waals surface area contributed by atoms with Crippen molar-refractivity contribution in [2.75, 3.05) is 18.8 Å². The molecule has 66 valence electrons. The standard InChI is InChI=1S/C7H12N4O/c8-7-10-6(12-11-7)5-2-1-3-9-4-5/h5,9H,1-4H2,(H2,8,11)/t5-/m0/s1. The van der Waals surface area contributed by atoms with Crippen molar-refractivity contribution < 1.29 is 4.52 Å². The van der Waals surface area contributed by atoms with Crippen LogP contribution in [0.2, 0.25) is 0 Å². The van der Waals surface area contributed by atoms with E-state index in [0.717, 1.165) is 25.9 Å². The summed E-state index contributed by atoms with van der Waals surface area (Å²) in [5.41, 5.74) is 5.35. The van der Waals surface area contributed by atoms with Crippen LogP contribution < -0.4 is 11.1 Å². The van der Waals surface area contributed by atoms with Crippen LogP contribution in [0.4, 0.5) is 5.95 Å². The van der Waals surface area contributed by atoms with Crippen LogP contribution in [0.15, 0.2) is 4.52 Å². The molecule has 1 atom stereocenters. The van der Waals surface area contributed by atoms with Gasteiger partial charge in [-0.25, -0.2) is 0 Å². The zero-order valence-electron chi connectivity index (χ0n) is 6.79. The molecule has 1 aliphatic rings. The molecule has 0 radical (unpaired) electrons. The Balaban J connectivity index is 2.08. The zero-order chi connectivity index (χ0) is 8.39. The molecule has 0 spiro atoms. The number of nitrogen functional groups attached to an aromatic ring is 1. The minimum Gasteiger partial charge on any atom is -0.365 e. The maximum Gasteiger partial charge on any atom is 0.260 e. The number of piperidine rings is 1. The molecular weight excluding hydrogens is 156 g/mol. The Morgan fingerprint density at radius 1 is 1.58 bits per heavy atom. The normalized spacial score (nSPS) is 24.2. The molecule has 0 aromatic carbocycles. The smallest absolute Gasteiger partial charge is 0.260 e. The fourth-order valence-corrected chi connectivity index (χ4v) is 1.48. The van der Waals surface area contributed by atoms with Gasteiger partial charge in [-0.3, -0.25) is 0 Å². The first-order valence-corrected chi connectivity index (χ1v) is 4.16. The summed E-state index contributed by atoms with van der Waals surface area (Å²) in [6.07, 6.45) is 2.27. The van der Waals surface area contributed by atoms with Gasteiger partial charge in [0.25, 0.3) is 5.95 Å². The first-order valence-electron chi connectivity index (χ1n) is 4.16. The van der Waals surface area contributed by atoms with E-state index in [-0.39, 0.29) is 5.95 Å². The second-order valence-corrected chi connectivity index (χ2v) is 3.03. The zero-order valence-corrected chi connectivity index (χ0v) is 6.79. The number of hydrogen-bond acceptors (Lipinski definition) is 5. The summed E-state index contributed by atoms with van der Waals surface area (Å²) in [7, 11) is 0. The Bertz CT molecular complexity index is 254. The Morgan fingerprint density at radius 3 is 3.08 bits per heavy atom. The lowest BCUT2D eigenvalue weighted by atomic mass is 10.00. The van der Waals surface area contributed by atoms with Gasteiger partial charge >= 0.3 is 0 Å². The van der Waals surface area contributed by atoms with Crippen LogP contribution in [0.1, 0.15) is 24.7 Å². The molecule has 2 heterocycles. The maximum atomic E-state index is 5.35. The quantitative estimate of drug-likeness (QED) is 0.622. The van der Waals surface area contributed by atoms with Gasteiger partial charge in [0.15, 0.2) is 0 Å². The molecule has 1 fully saturated rings. The molecule has 1 saturated heterocycles. The molecule has 1 aromatic heterocycles. The van der Waals surface area contributed by atoms with E-state index in [1.165, 1.54) is 0 Å². The van der Waals surface area contributed by atoms with Crippen molar-refractivity contribution in [3.05, 3.63) is 5.89 Å². The van der Waals surface area contributed by atoms with Gasteiger partial charge in [-0.15, -0.1) is 0 Å². The topological polar surface area (TPSA) is 77.0 Å². The fourth-order valence-electron chi connectivity index (χ4n) is 1.48. The summed E-state index contributed by atoms with van der Waals surface area (Å²) < 4.78 is 4.98. The molecule has 5 nitrogen and oxygen atoms in total. The summed E-state index contributed by atoms with van der Waals surface area (Å²) in [6.45, 7) is 2.00. The summed E-state index contributed by atoms with van der Waals surface area (Å²) in [5, 5.41) is 6.83. The van der Waals surface area contributed by atoms with Crippen molar-refractivity contribution in [1.29, 1.82) is 0 Å². The molecule has 1 aromatic rings. The van der Waals surface area contributed by atoms with Gasteiger partial charge in [-0.2, -0.15) is 4.98 Å². The average molecular weight is 168 g/mol. The molecule has 0 unspecified atom stereocenters. The van der Waals surface area contributed by atoms with Crippen LogP contribution in [0, 0.1) is 0 Å². The third kappa shape index (κ3) is 1.40. The van der Waals surface area contributed by atoms with E-state index in [9.17, 15) is 0 Å². The second-order valence-electron chi connectivity index (χ2n) is 3.03. The highest BCUT2D eigenvalue weighted by Gasteiger charge is 2.20. The van der Waals surface area contributed by atoms with E-state index in [0.29, 0.717) is 11.8 Å². The average Bonchev–Trinajstić information content (AvgIpc) is 2.54. The Morgan fingerprint density at radius 2 is 2.50 bits per heavy atom. The van der Waals surface area contributed by atoms with Crippen LogP contribution in [0.3, 0.4) is 0 Å². The van der Waals surface area contributed by atoms with Crippen LogP contribution in [0.25, 0.3) is 0 Å². The molecule has 2 rings (SSSR count). The number of nitrogens with two attached hydrogens (primary N) is 1. The van der Waals surface area contributed by atoms with E-state index in [4.69, 9.17) is 10.3 Å². The van der Waals surface area contributed by atoms with Crippen molar-refractivity contribution >= 4 is 5.95 Å². The summed E-state index contributed by atoms with van der Waals surface area (Å²) >= 11 is 0. The molecule has 5 heteroatoms. The monoisotopic (exact) mass is 168 g/mol. The van der Waals surface area contributed by atoms with E-state index >= 15 is 0 Å². The summed E-state index contributed by atoms with van der Waals surface area (Å²) in [6, 6.07) is 0. The Hall–Kier alpha value is -1.10. The molecular formula is C7H12N4O. The minimum atomic E-state index is 0.232. The molecule has 12 heavy (non-hydrogen) atoms. The molecule has 0 aliphatic carbocycles. The van der Waals surface area contributed by atoms with Crippen LogP contribution in [0.5, 0.6) is 0 Å². The molecule has 0 saturated carbocycles. The van der Waals surface area contributed by atoms with Gasteiger partial charge in [0.2, 0.25) is 5.89 Å². The molecule has 0 bridgehead atoms. The van der Waals surface area contributed by atoms with E-state index in [1.54, 1.807) is 0 Å². The molecule has 0 amide bonds. The highest BCUT2D eigenvalue weighted by Crippen LogP contribution is 2.21. The number of hydrogen-bond donors (Lipinski definition) is 2. The highest BCUT2D eigenvalue weighted by atomic mass is 16.5. The first-order chi connectivity index (χ1) is 5.86. The highest BCUT2D eigenvalue weighted by molar-refractivity contribution is 5.12. The van der Waals surface area contributed by atoms with E-state index in [1.807, 2.05) is 0 Å². The van der Waals surface area contributed by atoms with E-state index < -0.39 is 0 Å². The van der Waals surface area contributed by atoms with Crippen molar-refractivity contribution in [2.45, 2.75) is 18.8 Å². The number of anilines is 1. The van der Waals surface area contributed by atoms with Gasteiger partial charge in [0.1, 0.15) is 0 Å². The SMILES string of the molecule is Nc1noc([C@H]2CCCNC2)n1. The maximum absolute atomic E-state index is 5.35. The lowest BCUT2D eigenvalue weighted by Gasteiger charge is -2.18.